The third-order valence-electron chi connectivity index (χ3n) is 10.1. The maximum atomic E-state index is 6.75. The zero-order chi connectivity index (χ0) is 32.2. The molecule has 230 valence electrons. The molecule has 0 fully saturated rings. The quantitative estimate of drug-likeness (QED) is 0.178. The van der Waals surface area contributed by atoms with Gasteiger partial charge in [0.1, 0.15) is 23.0 Å². The van der Waals surface area contributed by atoms with Crippen LogP contribution in [0, 0.1) is 6.92 Å². The van der Waals surface area contributed by atoms with E-state index in [0.717, 1.165) is 90.1 Å². The predicted molar refractivity (Wildman–Crippen MR) is 198 cm³/mol. The average Bonchev–Trinajstić information content (AvgIpc) is 3.46. The van der Waals surface area contributed by atoms with Crippen molar-refractivity contribution >= 4 is 62.0 Å². The number of anilines is 3. The van der Waals surface area contributed by atoms with Gasteiger partial charge in [0.15, 0.2) is 11.5 Å². The maximum absolute atomic E-state index is 6.75. The number of aromatic nitrogens is 1. The van der Waals surface area contributed by atoms with Gasteiger partial charge in [-0.05, 0) is 72.4 Å². The van der Waals surface area contributed by atoms with Crippen molar-refractivity contribution < 1.29 is 14.2 Å². The SMILES string of the molecule is Cc1ccc2c(c1)B1c3ccccc3Oc3cc(N4c5ccccc5Oc5cc6c7ccccc7n(-c7ccccc7)c6cc54)cc(c31)O2. The Labute approximate surface area is 283 Å². The molecule has 0 unspecified atom stereocenters. The molecular weight excluding hydrogens is 603 g/mol. The van der Waals surface area contributed by atoms with Crippen molar-refractivity contribution in [1.82, 2.24) is 4.57 Å². The van der Waals surface area contributed by atoms with Crippen LogP contribution in [-0.2, 0) is 0 Å². The highest BCUT2D eigenvalue weighted by molar-refractivity contribution is 6.98. The summed E-state index contributed by atoms with van der Waals surface area (Å²) < 4.78 is 22.5. The standard InChI is InChI=1S/C43H27BN2O3/c1-26-19-20-38-32(21-26)44-31-14-6-9-17-37(31)47-41-22-28(23-42(48-38)43(41)44)46-34-16-8-10-18-39(34)49-40-24-30-29-13-5-7-15-33(29)45(35(30)25-36(40)46)27-11-3-2-4-12-27/h2-25H,1H3. The van der Waals surface area contributed by atoms with Crippen molar-refractivity contribution in [1.29, 1.82) is 0 Å². The Kier molecular flexibility index (Phi) is 5.34. The van der Waals surface area contributed by atoms with Crippen molar-refractivity contribution in [3.8, 4) is 40.2 Å². The van der Waals surface area contributed by atoms with Crippen LogP contribution in [0.3, 0.4) is 0 Å². The number of benzene rings is 7. The van der Waals surface area contributed by atoms with Gasteiger partial charge in [-0.1, -0.05) is 84.4 Å². The molecule has 3 aliphatic heterocycles. The predicted octanol–water partition coefficient (Wildman–Crippen LogP) is 9.40. The van der Waals surface area contributed by atoms with E-state index in [9.17, 15) is 0 Å². The van der Waals surface area contributed by atoms with Crippen LogP contribution < -0.4 is 35.5 Å². The largest absolute Gasteiger partial charge is 0.458 e. The molecule has 11 rings (SSSR count). The molecule has 4 heterocycles. The van der Waals surface area contributed by atoms with Gasteiger partial charge in [0.05, 0.1) is 28.1 Å². The molecule has 0 spiro atoms. The highest BCUT2D eigenvalue weighted by atomic mass is 16.5. The fourth-order valence-corrected chi connectivity index (χ4v) is 8.03. The molecule has 49 heavy (non-hydrogen) atoms. The molecule has 0 radical (unpaired) electrons. The van der Waals surface area contributed by atoms with Gasteiger partial charge in [-0.15, -0.1) is 0 Å². The number of hydrogen-bond acceptors (Lipinski definition) is 4. The van der Waals surface area contributed by atoms with Crippen LogP contribution in [0.4, 0.5) is 17.1 Å². The first-order chi connectivity index (χ1) is 24.2. The Hall–Kier alpha value is -6.40. The Morgan fingerprint density at radius 2 is 1.14 bits per heavy atom. The van der Waals surface area contributed by atoms with Gasteiger partial charge in [-0.25, -0.2) is 0 Å². The van der Waals surface area contributed by atoms with E-state index in [4.69, 9.17) is 14.2 Å². The molecule has 3 aliphatic rings. The molecule has 7 aromatic carbocycles. The van der Waals surface area contributed by atoms with Gasteiger partial charge in [0.25, 0.3) is 6.71 Å². The summed E-state index contributed by atoms with van der Waals surface area (Å²) in [5, 5.41) is 2.31. The van der Waals surface area contributed by atoms with Gasteiger partial charge >= 0.3 is 0 Å². The summed E-state index contributed by atoms with van der Waals surface area (Å²) in [4.78, 5) is 2.28. The lowest BCUT2D eigenvalue weighted by molar-refractivity contribution is 0.463. The van der Waals surface area contributed by atoms with Crippen molar-refractivity contribution in [2.24, 2.45) is 0 Å². The highest BCUT2D eigenvalue weighted by Gasteiger charge is 2.41. The molecule has 0 saturated heterocycles. The number of para-hydroxylation sites is 5. The van der Waals surface area contributed by atoms with Gasteiger partial charge in [-0.3, -0.25) is 0 Å². The molecule has 8 aromatic rings. The van der Waals surface area contributed by atoms with E-state index < -0.39 is 0 Å². The van der Waals surface area contributed by atoms with E-state index in [1.807, 2.05) is 18.2 Å². The third kappa shape index (κ3) is 3.77. The normalized spacial score (nSPS) is 13.4. The Bertz CT molecular complexity index is 2660. The molecule has 5 nitrogen and oxygen atoms in total. The number of nitrogens with zero attached hydrogens (tertiary/aromatic N) is 2. The second-order valence-electron chi connectivity index (χ2n) is 13.0. The van der Waals surface area contributed by atoms with Crippen LogP contribution in [-0.4, -0.2) is 11.3 Å². The smallest absolute Gasteiger partial charge is 0.260 e. The topological polar surface area (TPSA) is 35.9 Å². The minimum atomic E-state index is 0.0121. The Morgan fingerprint density at radius 1 is 0.449 bits per heavy atom. The lowest BCUT2D eigenvalue weighted by atomic mass is 9.35. The first-order valence-electron chi connectivity index (χ1n) is 16.6. The molecule has 6 heteroatoms. The maximum Gasteiger partial charge on any atom is 0.260 e. The van der Waals surface area contributed by atoms with Crippen LogP contribution in [0.25, 0.3) is 27.5 Å². The van der Waals surface area contributed by atoms with E-state index in [2.05, 4.69) is 144 Å². The summed E-state index contributed by atoms with van der Waals surface area (Å²) in [6.07, 6.45) is 0. The third-order valence-corrected chi connectivity index (χ3v) is 10.1. The minimum Gasteiger partial charge on any atom is -0.458 e. The summed E-state index contributed by atoms with van der Waals surface area (Å²) in [5.74, 6) is 4.92. The van der Waals surface area contributed by atoms with Crippen molar-refractivity contribution in [2.75, 3.05) is 4.90 Å². The van der Waals surface area contributed by atoms with Crippen LogP contribution in [0.2, 0.25) is 0 Å². The molecule has 0 N–H and O–H groups in total. The Morgan fingerprint density at radius 3 is 2.00 bits per heavy atom. The van der Waals surface area contributed by atoms with Gasteiger partial charge in [0.2, 0.25) is 0 Å². The molecule has 0 bridgehead atoms. The van der Waals surface area contributed by atoms with Crippen LogP contribution in [0.15, 0.2) is 146 Å². The van der Waals surface area contributed by atoms with Crippen LogP contribution >= 0.6 is 0 Å². The van der Waals surface area contributed by atoms with Gasteiger partial charge < -0.3 is 23.7 Å². The highest BCUT2D eigenvalue weighted by Crippen LogP contribution is 2.54. The second-order valence-corrected chi connectivity index (χ2v) is 13.0. The summed E-state index contributed by atoms with van der Waals surface area (Å²) in [5.41, 5.74) is 10.7. The van der Waals surface area contributed by atoms with Crippen LogP contribution in [0.5, 0.6) is 34.5 Å². The van der Waals surface area contributed by atoms with Gasteiger partial charge in [-0.2, -0.15) is 0 Å². The number of rotatable bonds is 2. The van der Waals surface area contributed by atoms with Crippen molar-refractivity contribution in [3.05, 3.63) is 151 Å². The molecule has 0 saturated carbocycles. The zero-order valence-corrected chi connectivity index (χ0v) is 26.6. The zero-order valence-electron chi connectivity index (χ0n) is 26.6. The number of hydrogen-bond donors (Lipinski definition) is 0. The molecule has 1 aromatic heterocycles. The number of fused-ring (bicyclic) bond motifs is 9. The monoisotopic (exact) mass is 630 g/mol. The van der Waals surface area contributed by atoms with E-state index in [-0.39, 0.29) is 6.71 Å². The fraction of sp³-hybridized carbons (Fsp3) is 0.0233. The summed E-state index contributed by atoms with van der Waals surface area (Å²) in [6.45, 7) is 2.14. The molecule has 0 atom stereocenters. The van der Waals surface area contributed by atoms with Gasteiger partial charge in [0, 0.05) is 34.1 Å². The fourth-order valence-electron chi connectivity index (χ4n) is 8.03. The van der Waals surface area contributed by atoms with E-state index in [1.165, 1.54) is 10.9 Å². The average molecular weight is 631 g/mol. The molecule has 0 aliphatic carbocycles. The summed E-state index contributed by atoms with van der Waals surface area (Å²) >= 11 is 0. The van der Waals surface area contributed by atoms with Crippen molar-refractivity contribution in [2.45, 2.75) is 6.92 Å². The first kappa shape index (κ1) is 26.6. The number of aryl methyl sites for hydroxylation is 1. The minimum absolute atomic E-state index is 0.0121. The Balaban J connectivity index is 1.18. The lowest BCUT2D eigenvalue weighted by Gasteiger charge is -2.36. The first-order valence-corrected chi connectivity index (χ1v) is 16.6. The van der Waals surface area contributed by atoms with E-state index in [0.29, 0.717) is 0 Å². The van der Waals surface area contributed by atoms with E-state index in [1.54, 1.807) is 0 Å². The summed E-state index contributed by atoms with van der Waals surface area (Å²) in [7, 11) is 0. The summed E-state index contributed by atoms with van der Waals surface area (Å²) in [6, 6.07) is 50.9. The van der Waals surface area contributed by atoms with E-state index >= 15 is 0 Å². The van der Waals surface area contributed by atoms with Crippen molar-refractivity contribution in [3.63, 3.8) is 0 Å². The second kappa shape index (κ2) is 9.81. The molecular formula is C43H27BN2O3. The lowest BCUT2D eigenvalue weighted by Crippen LogP contribution is -2.57. The molecule has 0 amide bonds. The number of ether oxygens (including phenoxy) is 3. The van der Waals surface area contributed by atoms with Crippen LogP contribution in [0.1, 0.15) is 5.56 Å².